The molecular formula is C18H34Cl2N4O2. The van der Waals surface area contributed by atoms with E-state index in [0.717, 1.165) is 45.3 Å². The van der Waals surface area contributed by atoms with Gasteiger partial charge >= 0.3 is 0 Å². The number of nitrogens with one attached hydrogen (secondary N) is 1. The van der Waals surface area contributed by atoms with Gasteiger partial charge in [-0.1, -0.05) is 13.3 Å². The molecule has 2 heterocycles. The Bertz CT molecular complexity index is 480. The first-order valence-electron chi connectivity index (χ1n) is 9.64. The predicted molar refractivity (Wildman–Crippen MR) is 108 cm³/mol. The van der Waals surface area contributed by atoms with E-state index in [1.54, 1.807) is 0 Å². The summed E-state index contributed by atoms with van der Waals surface area (Å²) in [7, 11) is 0. The standard InChI is InChI=1S/C18H32N4O2.2ClH/c1-2-21-8-4-6-15(21)12-22-11-14(9-17(22)23)18(24)20-16-7-3-5-13(16)10-19;;/h13-16H,2-12,19H2,1H3,(H,20,24);2*1H. The van der Waals surface area contributed by atoms with Crippen molar-refractivity contribution in [1.29, 1.82) is 0 Å². The number of nitrogens with zero attached hydrogens (tertiary/aromatic N) is 2. The lowest BCUT2D eigenvalue weighted by Gasteiger charge is -2.28. The van der Waals surface area contributed by atoms with E-state index in [2.05, 4.69) is 17.1 Å². The maximum Gasteiger partial charge on any atom is 0.225 e. The number of carbonyl (C=O) groups is 2. The smallest absolute Gasteiger partial charge is 0.225 e. The zero-order valence-corrected chi connectivity index (χ0v) is 17.3. The van der Waals surface area contributed by atoms with Crippen molar-refractivity contribution >= 4 is 36.6 Å². The van der Waals surface area contributed by atoms with Crippen molar-refractivity contribution in [3.8, 4) is 0 Å². The first kappa shape index (κ1) is 23.5. The third-order valence-corrected chi connectivity index (χ3v) is 6.21. The van der Waals surface area contributed by atoms with Crippen molar-refractivity contribution in [3.05, 3.63) is 0 Å². The van der Waals surface area contributed by atoms with Gasteiger partial charge in [0.25, 0.3) is 0 Å². The fourth-order valence-electron chi connectivity index (χ4n) is 4.71. The molecular weight excluding hydrogens is 375 g/mol. The molecule has 2 aliphatic heterocycles. The van der Waals surface area contributed by atoms with Crippen LogP contribution in [0.5, 0.6) is 0 Å². The van der Waals surface area contributed by atoms with Gasteiger partial charge in [-0.25, -0.2) is 0 Å². The molecule has 3 fully saturated rings. The largest absolute Gasteiger partial charge is 0.353 e. The molecule has 0 aromatic carbocycles. The van der Waals surface area contributed by atoms with Crippen molar-refractivity contribution in [2.45, 2.75) is 57.5 Å². The lowest BCUT2D eigenvalue weighted by atomic mass is 10.0. The number of likely N-dealkylation sites (tertiary alicyclic amines) is 2. The summed E-state index contributed by atoms with van der Waals surface area (Å²) < 4.78 is 0. The second-order valence-corrected chi connectivity index (χ2v) is 7.67. The van der Waals surface area contributed by atoms with E-state index >= 15 is 0 Å². The maximum absolute atomic E-state index is 12.6. The number of halogens is 2. The molecule has 0 radical (unpaired) electrons. The number of likely N-dealkylation sites (N-methyl/N-ethyl adjacent to an activating group) is 1. The number of hydrogen-bond donors (Lipinski definition) is 2. The summed E-state index contributed by atoms with van der Waals surface area (Å²) >= 11 is 0. The Morgan fingerprint density at radius 1 is 1.23 bits per heavy atom. The van der Waals surface area contributed by atoms with Crippen LogP contribution in [0.1, 0.15) is 45.4 Å². The Morgan fingerprint density at radius 2 is 2.00 bits per heavy atom. The van der Waals surface area contributed by atoms with Crippen LogP contribution in [0.2, 0.25) is 0 Å². The van der Waals surface area contributed by atoms with E-state index in [1.807, 2.05) is 4.90 Å². The molecule has 0 bridgehead atoms. The Kier molecular flexibility index (Phi) is 9.65. The zero-order valence-electron chi connectivity index (χ0n) is 15.7. The van der Waals surface area contributed by atoms with Crippen molar-refractivity contribution in [3.63, 3.8) is 0 Å². The number of rotatable bonds is 6. The highest BCUT2D eigenvalue weighted by molar-refractivity contribution is 5.89. The van der Waals surface area contributed by atoms with Gasteiger partial charge in [0.2, 0.25) is 11.8 Å². The van der Waals surface area contributed by atoms with Gasteiger partial charge in [-0.15, -0.1) is 24.8 Å². The van der Waals surface area contributed by atoms with Gasteiger partial charge in [0.05, 0.1) is 5.92 Å². The summed E-state index contributed by atoms with van der Waals surface area (Å²) in [6.45, 7) is 6.35. The Hall–Kier alpha value is -0.560. The second-order valence-electron chi connectivity index (χ2n) is 7.67. The molecule has 3 N–H and O–H groups in total. The van der Waals surface area contributed by atoms with Crippen LogP contribution in [0.4, 0.5) is 0 Å². The van der Waals surface area contributed by atoms with E-state index in [0.29, 0.717) is 31.5 Å². The van der Waals surface area contributed by atoms with E-state index in [4.69, 9.17) is 5.73 Å². The third kappa shape index (κ3) is 5.24. The molecule has 152 valence electrons. The Morgan fingerprint density at radius 3 is 2.69 bits per heavy atom. The maximum atomic E-state index is 12.6. The van der Waals surface area contributed by atoms with Gasteiger partial charge in [0, 0.05) is 31.6 Å². The predicted octanol–water partition coefficient (Wildman–Crippen LogP) is 1.41. The van der Waals surface area contributed by atoms with Crippen LogP contribution in [0.3, 0.4) is 0 Å². The molecule has 4 atom stereocenters. The lowest BCUT2D eigenvalue weighted by molar-refractivity contribution is -0.129. The van der Waals surface area contributed by atoms with E-state index in [9.17, 15) is 9.59 Å². The molecule has 2 saturated heterocycles. The summed E-state index contributed by atoms with van der Waals surface area (Å²) in [5.74, 6) is 0.404. The second kappa shape index (κ2) is 10.7. The van der Waals surface area contributed by atoms with Crippen molar-refractivity contribution in [2.75, 3.05) is 32.7 Å². The van der Waals surface area contributed by atoms with E-state index in [1.165, 1.54) is 6.42 Å². The SMILES string of the molecule is CCN1CCCC1CN1CC(C(=O)NC2CCCC2CN)CC1=O.Cl.Cl. The molecule has 4 unspecified atom stereocenters. The van der Waals surface area contributed by atoms with Crippen molar-refractivity contribution in [1.82, 2.24) is 15.1 Å². The minimum absolute atomic E-state index is 0. The molecule has 0 aromatic heterocycles. The summed E-state index contributed by atoms with van der Waals surface area (Å²) in [6.07, 6.45) is 6.00. The first-order valence-corrected chi connectivity index (χ1v) is 9.64. The molecule has 0 spiro atoms. The number of carbonyl (C=O) groups excluding carboxylic acids is 2. The van der Waals surface area contributed by atoms with Crippen LogP contribution < -0.4 is 11.1 Å². The quantitative estimate of drug-likeness (QED) is 0.695. The molecule has 1 saturated carbocycles. The van der Waals surface area contributed by atoms with Crippen LogP contribution in [0.15, 0.2) is 0 Å². The fourth-order valence-corrected chi connectivity index (χ4v) is 4.71. The Balaban J connectivity index is 0.00000169. The molecule has 1 aliphatic carbocycles. The van der Waals surface area contributed by atoms with Gasteiger partial charge in [-0.2, -0.15) is 0 Å². The summed E-state index contributed by atoms with van der Waals surface area (Å²) in [4.78, 5) is 29.3. The molecule has 3 aliphatic rings. The Labute approximate surface area is 169 Å². The monoisotopic (exact) mass is 408 g/mol. The average Bonchev–Trinajstić information content (AvgIpc) is 3.28. The van der Waals surface area contributed by atoms with Gasteiger partial charge in [-0.05, 0) is 51.2 Å². The van der Waals surface area contributed by atoms with Gasteiger partial charge in [0.1, 0.15) is 0 Å². The fraction of sp³-hybridized carbons (Fsp3) is 0.889. The molecule has 2 amide bonds. The molecule has 0 aromatic rings. The van der Waals surface area contributed by atoms with Gasteiger partial charge in [0.15, 0.2) is 0 Å². The molecule has 26 heavy (non-hydrogen) atoms. The van der Waals surface area contributed by atoms with Gasteiger partial charge in [-0.3, -0.25) is 14.5 Å². The number of nitrogens with two attached hydrogens (primary N) is 1. The highest BCUT2D eigenvalue weighted by Gasteiger charge is 2.38. The topological polar surface area (TPSA) is 78.7 Å². The minimum atomic E-state index is -0.187. The highest BCUT2D eigenvalue weighted by Crippen LogP contribution is 2.27. The minimum Gasteiger partial charge on any atom is -0.353 e. The summed E-state index contributed by atoms with van der Waals surface area (Å²) in [5.41, 5.74) is 5.80. The van der Waals surface area contributed by atoms with Crippen molar-refractivity contribution in [2.24, 2.45) is 17.6 Å². The summed E-state index contributed by atoms with van der Waals surface area (Å²) in [6, 6.07) is 0.675. The summed E-state index contributed by atoms with van der Waals surface area (Å²) in [5, 5.41) is 3.17. The first-order chi connectivity index (χ1) is 11.6. The van der Waals surface area contributed by atoms with E-state index in [-0.39, 0.29) is 48.6 Å². The lowest BCUT2D eigenvalue weighted by Crippen LogP contribution is -2.44. The molecule has 8 heteroatoms. The average molecular weight is 409 g/mol. The van der Waals surface area contributed by atoms with Crippen molar-refractivity contribution < 1.29 is 9.59 Å². The number of amides is 2. The number of hydrogen-bond acceptors (Lipinski definition) is 4. The molecule has 3 rings (SSSR count). The van der Waals surface area contributed by atoms with Crippen LogP contribution in [0.25, 0.3) is 0 Å². The van der Waals surface area contributed by atoms with Crippen LogP contribution in [-0.4, -0.2) is 66.4 Å². The normalized spacial score (nSPS) is 31.6. The third-order valence-electron chi connectivity index (χ3n) is 6.21. The zero-order chi connectivity index (χ0) is 17.1. The van der Waals surface area contributed by atoms with Gasteiger partial charge < -0.3 is 16.0 Å². The molecule has 6 nitrogen and oxygen atoms in total. The van der Waals surface area contributed by atoms with Crippen LogP contribution in [0, 0.1) is 11.8 Å². The van der Waals surface area contributed by atoms with Crippen LogP contribution in [-0.2, 0) is 9.59 Å². The van der Waals surface area contributed by atoms with E-state index < -0.39 is 0 Å². The van der Waals surface area contributed by atoms with Crippen LogP contribution >= 0.6 is 24.8 Å². The highest BCUT2D eigenvalue weighted by atomic mass is 35.5.